The van der Waals surface area contributed by atoms with E-state index in [0.717, 1.165) is 47.1 Å². The van der Waals surface area contributed by atoms with E-state index >= 15 is 0 Å². The highest BCUT2D eigenvalue weighted by Crippen LogP contribution is 2.43. The van der Waals surface area contributed by atoms with Crippen LogP contribution in [0.1, 0.15) is 213 Å². The third-order valence-corrected chi connectivity index (χ3v) is 10.8. The van der Waals surface area contributed by atoms with E-state index in [2.05, 4.69) is 43.1 Å². The Bertz CT molecular complexity index is 1010. The van der Waals surface area contributed by atoms with Crippen LogP contribution in [0.3, 0.4) is 0 Å². The van der Waals surface area contributed by atoms with Gasteiger partial charge in [-0.15, -0.1) is 10.2 Å². The zero-order chi connectivity index (χ0) is 36.5. The Morgan fingerprint density at radius 3 is 1.06 bits per heavy atom. The molecule has 294 valence electrons. The van der Waals surface area contributed by atoms with Crippen molar-refractivity contribution in [3.63, 3.8) is 0 Å². The molecule has 0 bridgehead atoms. The van der Waals surface area contributed by atoms with E-state index in [9.17, 15) is 0 Å². The second-order valence-electron chi connectivity index (χ2n) is 14.8. The number of benzene rings is 1. The minimum Gasteiger partial charge on any atom is -0.490 e. The summed E-state index contributed by atoms with van der Waals surface area (Å²) >= 11 is 1.39. The lowest BCUT2D eigenvalue weighted by atomic mass is 10.1. The van der Waals surface area contributed by atoms with Gasteiger partial charge in [-0.2, -0.15) is 0 Å². The number of nitrogens with two attached hydrogens (primary N) is 1. The molecule has 0 spiro atoms. The number of rotatable bonds is 37. The standard InChI is InChI=1S/C44H79N3O3S/c1-4-7-10-13-16-19-22-25-28-31-34-48-40-37-39(43-46-47-44(45)51-43)38-41(49-35-32-29-26-23-20-17-14-11-8-5-2)42(40)50-36-33-30-27-24-21-18-15-12-9-6-3/h37-38H,4-36H2,1-3H3,(H2,45,47). The summed E-state index contributed by atoms with van der Waals surface area (Å²) in [6.07, 6.45) is 39.1. The average Bonchev–Trinajstić information content (AvgIpc) is 3.58. The van der Waals surface area contributed by atoms with Crippen molar-refractivity contribution in [2.24, 2.45) is 0 Å². The van der Waals surface area contributed by atoms with Crippen LogP contribution >= 0.6 is 11.3 Å². The summed E-state index contributed by atoms with van der Waals surface area (Å²) in [4.78, 5) is 0. The first-order valence-electron chi connectivity index (χ1n) is 21.8. The maximum Gasteiger partial charge on any atom is 0.203 e. The fraction of sp³-hybridized carbons (Fsp3) is 0.818. The van der Waals surface area contributed by atoms with E-state index in [1.807, 2.05) is 0 Å². The molecule has 0 amide bonds. The first kappa shape index (κ1) is 45.1. The van der Waals surface area contributed by atoms with Crippen LogP contribution in [0.25, 0.3) is 10.6 Å². The number of anilines is 1. The topological polar surface area (TPSA) is 79.5 Å². The highest BCUT2D eigenvalue weighted by Gasteiger charge is 2.19. The molecule has 7 heteroatoms. The molecule has 2 N–H and O–H groups in total. The molecule has 0 saturated carbocycles. The molecule has 2 aromatic rings. The fourth-order valence-corrected chi connectivity index (χ4v) is 7.31. The van der Waals surface area contributed by atoms with Crippen LogP contribution in [0, 0.1) is 0 Å². The maximum atomic E-state index is 6.53. The quantitative estimate of drug-likeness (QED) is 0.0698. The van der Waals surface area contributed by atoms with Gasteiger partial charge in [-0.25, -0.2) is 0 Å². The molecule has 51 heavy (non-hydrogen) atoms. The van der Waals surface area contributed by atoms with Crippen LogP contribution in [0.4, 0.5) is 5.13 Å². The number of nitrogens with zero attached hydrogens (tertiary/aromatic N) is 2. The SMILES string of the molecule is CCCCCCCCCCCCOc1cc(-c2nnc(N)s2)cc(OCCCCCCCCCCCC)c1OCCCCCCCCCCCC. The molecule has 0 radical (unpaired) electrons. The van der Waals surface area contributed by atoms with E-state index < -0.39 is 0 Å². The summed E-state index contributed by atoms with van der Waals surface area (Å²) in [5.74, 6) is 2.25. The van der Waals surface area contributed by atoms with E-state index in [4.69, 9.17) is 19.9 Å². The van der Waals surface area contributed by atoms with Crippen LogP contribution in [0.2, 0.25) is 0 Å². The zero-order valence-corrected chi connectivity index (χ0v) is 34.4. The Morgan fingerprint density at radius 1 is 0.431 bits per heavy atom. The van der Waals surface area contributed by atoms with Gasteiger partial charge in [-0.3, -0.25) is 0 Å². The lowest BCUT2D eigenvalue weighted by Gasteiger charge is -2.18. The Balaban J connectivity index is 1.95. The molecule has 1 aromatic heterocycles. The Kier molecular flexibility index (Phi) is 28.9. The molecule has 1 aromatic carbocycles. The summed E-state index contributed by atoms with van der Waals surface area (Å²) in [6, 6.07) is 4.11. The van der Waals surface area contributed by atoms with Gasteiger partial charge in [-0.05, 0) is 31.4 Å². The molecule has 0 saturated heterocycles. The molecule has 2 rings (SSSR count). The van der Waals surface area contributed by atoms with Gasteiger partial charge in [0.05, 0.1) is 19.8 Å². The molecule has 0 aliphatic carbocycles. The fourth-order valence-electron chi connectivity index (χ4n) is 6.72. The van der Waals surface area contributed by atoms with Gasteiger partial charge in [0.1, 0.15) is 5.01 Å². The van der Waals surface area contributed by atoms with Crippen LogP contribution < -0.4 is 19.9 Å². The first-order chi connectivity index (χ1) is 25.2. The summed E-state index contributed by atoms with van der Waals surface area (Å²) in [5.41, 5.74) is 6.91. The summed E-state index contributed by atoms with van der Waals surface area (Å²) < 4.78 is 19.5. The Hall–Kier alpha value is -2.02. The van der Waals surface area contributed by atoms with Crippen LogP contribution in [0.15, 0.2) is 12.1 Å². The van der Waals surface area contributed by atoms with Crippen LogP contribution in [-0.4, -0.2) is 30.0 Å². The second-order valence-corrected chi connectivity index (χ2v) is 15.8. The Labute approximate surface area is 318 Å². The van der Waals surface area contributed by atoms with Crippen LogP contribution in [-0.2, 0) is 0 Å². The van der Waals surface area contributed by atoms with Gasteiger partial charge < -0.3 is 19.9 Å². The average molecular weight is 730 g/mol. The number of aromatic nitrogens is 2. The van der Waals surface area contributed by atoms with E-state index in [0.29, 0.717) is 25.0 Å². The number of ether oxygens (including phenoxy) is 3. The molecule has 0 aliphatic heterocycles. The highest BCUT2D eigenvalue weighted by atomic mass is 32.1. The smallest absolute Gasteiger partial charge is 0.203 e. The first-order valence-corrected chi connectivity index (χ1v) is 22.7. The van der Waals surface area contributed by atoms with Crippen LogP contribution in [0.5, 0.6) is 17.2 Å². The number of unbranched alkanes of at least 4 members (excludes halogenated alkanes) is 27. The lowest BCUT2D eigenvalue weighted by Crippen LogP contribution is -2.06. The predicted molar refractivity (Wildman–Crippen MR) is 222 cm³/mol. The van der Waals surface area contributed by atoms with Gasteiger partial charge in [0, 0.05) is 5.56 Å². The van der Waals surface area contributed by atoms with Gasteiger partial charge in [0.25, 0.3) is 0 Å². The van der Waals surface area contributed by atoms with Crippen molar-refractivity contribution in [3.8, 4) is 27.8 Å². The predicted octanol–water partition coefficient (Wildman–Crippen LogP) is 14.7. The minimum atomic E-state index is 0.465. The summed E-state index contributed by atoms with van der Waals surface area (Å²) in [7, 11) is 0. The number of nitrogen functional groups attached to an aromatic ring is 1. The molecule has 0 aliphatic rings. The van der Waals surface area contributed by atoms with Crippen molar-refractivity contribution in [1.29, 1.82) is 0 Å². The van der Waals surface area contributed by atoms with Crippen molar-refractivity contribution >= 4 is 16.5 Å². The molecule has 6 nitrogen and oxygen atoms in total. The largest absolute Gasteiger partial charge is 0.490 e. The number of hydrogen-bond donors (Lipinski definition) is 1. The highest BCUT2D eigenvalue weighted by molar-refractivity contribution is 7.18. The zero-order valence-electron chi connectivity index (χ0n) is 33.6. The van der Waals surface area contributed by atoms with Crippen molar-refractivity contribution in [1.82, 2.24) is 10.2 Å². The van der Waals surface area contributed by atoms with E-state index in [1.165, 1.54) is 185 Å². The summed E-state index contributed by atoms with van der Waals surface area (Å²) in [6.45, 7) is 8.87. The normalized spacial score (nSPS) is 11.4. The van der Waals surface area contributed by atoms with E-state index in [-0.39, 0.29) is 0 Å². The maximum absolute atomic E-state index is 6.53. The molecular formula is C44H79N3O3S. The second kappa shape index (κ2) is 32.6. The van der Waals surface area contributed by atoms with Gasteiger partial charge in [-0.1, -0.05) is 205 Å². The van der Waals surface area contributed by atoms with Gasteiger partial charge in [0.2, 0.25) is 10.9 Å². The minimum absolute atomic E-state index is 0.465. The third-order valence-electron chi connectivity index (χ3n) is 9.96. The third kappa shape index (κ3) is 23.3. The van der Waals surface area contributed by atoms with Crippen molar-refractivity contribution in [2.45, 2.75) is 213 Å². The van der Waals surface area contributed by atoms with E-state index in [1.54, 1.807) is 0 Å². The monoisotopic (exact) mass is 730 g/mol. The lowest BCUT2D eigenvalue weighted by molar-refractivity contribution is 0.234. The summed E-state index contributed by atoms with van der Waals surface area (Å²) in [5, 5.41) is 9.67. The molecule has 0 unspecified atom stereocenters. The molecule has 0 atom stereocenters. The molecular weight excluding hydrogens is 651 g/mol. The molecule has 1 heterocycles. The van der Waals surface area contributed by atoms with Crippen molar-refractivity contribution < 1.29 is 14.2 Å². The Morgan fingerprint density at radius 2 is 0.745 bits per heavy atom. The van der Waals surface area contributed by atoms with Crippen molar-refractivity contribution in [3.05, 3.63) is 12.1 Å². The van der Waals surface area contributed by atoms with Gasteiger partial charge in [0.15, 0.2) is 11.5 Å². The van der Waals surface area contributed by atoms with Crippen molar-refractivity contribution in [2.75, 3.05) is 25.6 Å². The van der Waals surface area contributed by atoms with Gasteiger partial charge >= 0.3 is 0 Å². The number of hydrogen-bond acceptors (Lipinski definition) is 7. The molecule has 0 fully saturated rings.